The zero-order chi connectivity index (χ0) is 16.2. The maximum absolute atomic E-state index is 12.8. The van der Waals surface area contributed by atoms with Crippen molar-refractivity contribution >= 4 is 17.3 Å². The molecule has 2 aliphatic rings. The first-order valence-corrected chi connectivity index (χ1v) is 8.33. The van der Waals surface area contributed by atoms with Crippen LogP contribution in [0.5, 0.6) is 0 Å². The van der Waals surface area contributed by atoms with Gasteiger partial charge in [-0.25, -0.2) is 9.39 Å². The van der Waals surface area contributed by atoms with Crippen LogP contribution in [0.3, 0.4) is 0 Å². The summed E-state index contributed by atoms with van der Waals surface area (Å²) >= 11 is 0. The molecule has 4 rings (SSSR count). The molecule has 0 radical (unpaired) electrons. The second-order valence-corrected chi connectivity index (χ2v) is 6.62. The van der Waals surface area contributed by atoms with Crippen LogP contribution in [0.4, 0.5) is 5.82 Å². The molecule has 1 N–H and O–H groups in total. The molecule has 1 fully saturated rings. The molecule has 3 heterocycles. The number of unbranched alkanes of at least 4 members (excludes halogenated alkanes) is 2. The SMILES string of the molecule is CCCCCn1c2c(c(=O)n3c(C)nnc13)CC(C1(O)CC1)=N2. The van der Waals surface area contributed by atoms with Crippen LogP contribution in [0.2, 0.25) is 0 Å². The Kier molecular flexibility index (Phi) is 3.16. The third-order valence-corrected chi connectivity index (χ3v) is 4.87. The van der Waals surface area contributed by atoms with E-state index in [1.165, 1.54) is 0 Å². The van der Waals surface area contributed by atoms with E-state index in [1.807, 2.05) is 4.57 Å². The zero-order valence-electron chi connectivity index (χ0n) is 13.5. The van der Waals surface area contributed by atoms with E-state index in [2.05, 4.69) is 22.1 Å². The van der Waals surface area contributed by atoms with Gasteiger partial charge in [-0.3, -0.25) is 9.36 Å². The van der Waals surface area contributed by atoms with Gasteiger partial charge in [0.25, 0.3) is 5.56 Å². The molecule has 23 heavy (non-hydrogen) atoms. The average Bonchev–Trinajstić information content (AvgIpc) is 2.98. The van der Waals surface area contributed by atoms with Gasteiger partial charge in [0, 0.05) is 13.0 Å². The second kappa shape index (κ2) is 4.99. The number of hydrogen-bond acceptors (Lipinski definition) is 5. The molecule has 2 aromatic heterocycles. The van der Waals surface area contributed by atoms with Crippen LogP contribution < -0.4 is 5.56 Å². The minimum Gasteiger partial charge on any atom is -0.384 e. The van der Waals surface area contributed by atoms with Crippen molar-refractivity contribution in [1.82, 2.24) is 19.2 Å². The van der Waals surface area contributed by atoms with Crippen LogP contribution in [0, 0.1) is 6.92 Å². The minimum absolute atomic E-state index is 0.104. The Morgan fingerprint density at radius 2 is 2.04 bits per heavy atom. The summed E-state index contributed by atoms with van der Waals surface area (Å²) in [5.41, 5.74) is 0.495. The van der Waals surface area contributed by atoms with E-state index in [1.54, 1.807) is 11.3 Å². The second-order valence-electron chi connectivity index (χ2n) is 6.62. The molecule has 0 aromatic carbocycles. The van der Waals surface area contributed by atoms with Crippen molar-refractivity contribution in [3.05, 3.63) is 21.7 Å². The zero-order valence-corrected chi connectivity index (χ0v) is 13.5. The van der Waals surface area contributed by atoms with E-state index in [4.69, 9.17) is 0 Å². The van der Waals surface area contributed by atoms with Gasteiger partial charge in [-0.15, -0.1) is 10.2 Å². The Morgan fingerprint density at radius 1 is 1.26 bits per heavy atom. The molecule has 0 amide bonds. The molecule has 0 unspecified atom stereocenters. The smallest absolute Gasteiger partial charge is 0.266 e. The van der Waals surface area contributed by atoms with E-state index in [-0.39, 0.29) is 5.56 Å². The van der Waals surface area contributed by atoms with Gasteiger partial charge < -0.3 is 5.11 Å². The monoisotopic (exact) mass is 315 g/mol. The first-order chi connectivity index (χ1) is 11.0. The largest absolute Gasteiger partial charge is 0.384 e. The van der Waals surface area contributed by atoms with Crippen molar-refractivity contribution < 1.29 is 5.11 Å². The summed E-state index contributed by atoms with van der Waals surface area (Å²) < 4.78 is 3.56. The van der Waals surface area contributed by atoms with E-state index in [9.17, 15) is 9.90 Å². The molecule has 0 spiro atoms. The van der Waals surface area contributed by atoms with Gasteiger partial charge in [-0.05, 0) is 26.2 Å². The van der Waals surface area contributed by atoms with Crippen molar-refractivity contribution in [2.24, 2.45) is 4.99 Å². The summed E-state index contributed by atoms with van der Waals surface area (Å²) in [6.07, 6.45) is 5.15. The average molecular weight is 315 g/mol. The Labute approximate surface area is 133 Å². The van der Waals surface area contributed by atoms with Crippen molar-refractivity contribution in [2.45, 2.75) is 64.5 Å². The quantitative estimate of drug-likeness (QED) is 0.848. The van der Waals surface area contributed by atoms with Crippen molar-refractivity contribution in [3.8, 4) is 0 Å². The predicted molar refractivity (Wildman–Crippen MR) is 86.5 cm³/mol. The van der Waals surface area contributed by atoms with Crippen molar-refractivity contribution in [1.29, 1.82) is 0 Å². The summed E-state index contributed by atoms with van der Waals surface area (Å²) in [5.74, 6) is 1.81. The molecule has 1 aliphatic carbocycles. The molecule has 7 nitrogen and oxygen atoms in total. The van der Waals surface area contributed by atoms with Gasteiger partial charge in [0.2, 0.25) is 5.78 Å². The summed E-state index contributed by atoms with van der Waals surface area (Å²) in [4.78, 5) is 17.4. The molecule has 0 saturated heterocycles. The highest BCUT2D eigenvalue weighted by atomic mass is 16.3. The van der Waals surface area contributed by atoms with Gasteiger partial charge >= 0.3 is 0 Å². The predicted octanol–water partition coefficient (Wildman–Crippen LogP) is 1.54. The minimum atomic E-state index is -0.790. The van der Waals surface area contributed by atoms with Crippen molar-refractivity contribution in [2.75, 3.05) is 0 Å². The number of aromatic nitrogens is 4. The number of nitrogens with zero attached hydrogens (tertiary/aromatic N) is 5. The lowest BCUT2D eigenvalue weighted by Gasteiger charge is -2.12. The van der Waals surface area contributed by atoms with Crippen molar-refractivity contribution in [3.63, 3.8) is 0 Å². The lowest BCUT2D eigenvalue weighted by molar-refractivity contribution is 0.220. The molecular weight excluding hydrogens is 294 g/mol. The van der Waals surface area contributed by atoms with Crippen LogP contribution in [-0.4, -0.2) is 35.6 Å². The van der Waals surface area contributed by atoms with Gasteiger partial charge in [0.05, 0.1) is 11.3 Å². The molecule has 0 atom stereocenters. The van der Waals surface area contributed by atoms with Gasteiger partial charge in [0.1, 0.15) is 17.2 Å². The molecular formula is C16H21N5O2. The number of fused-ring (bicyclic) bond motifs is 2. The van der Waals surface area contributed by atoms with E-state index >= 15 is 0 Å². The number of aliphatic imine (C=N–C) groups is 1. The van der Waals surface area contributed by atoms with E-state index in [0.29, 0.717) is 29.4 Å². The first-order valence-electron chi connectivity index (χ1n) is 8.33. The van der Waals surface area contributed by atoms with Crippen LogP contribution in [0.15, 0.2) is 9.79 Å². The van der Waals surface area contributed by atoms with Crippen LogP contribution in [0.25, 0.3) is 5.78 Å². The molecule has 1 saturated carbocycles. The molecule has 1 aliphatic heterocycles. The summed E-state index contributed by atoms with van der Waals surface area (Å²) in [7, 11) is 0. The highest BCUT2D eigenvalue weighted by Gasteiger charge is 2.47. The van der Waals surface area contributed by atoms with Gasteiger partial charge in [0.15, 0.2) is 0 Å². The third-order valence-electron chi connectivity index (χ3n) is 4.87. The lowest BCUT2D eigenvalue weighted by atomic mass is 10.1. The fraction of sp³-hybridized carbons (Fsp3) is 0.625. The summed E-state index contributed by atoms with van der Waals surface area (Å²) in [5, 5.41) is 18.6. The fourth-order valence-corrected chi connectivity index (χ4v) is 3.27. The summed E-state index contributed by atoms with van der Waals surface area (Å²) in [6, 6.07) is 0. The number of hydrogen-bond donors (Lipinski definition) is 1. The highest BCUT2D eigenvalue weighted by molar-refractivity contribution is 6.01. The number of rotatable bonds is 5. The molecule has 7 heteroatoms. The van der Waals surface area contributed by atoms with Crippen LogP contribution in [-0.2, 0) is 13.0 Å². The summed E-state index contributed by atoms with van der Waals surface area (Å²) in [6.45, 7) is 4.70. The lowest BCUT2D eigenvalue weighted by Crippen LogP contribution is -2.26. The molecule has 122 valence electrons. The third kappa shape index (κ3) is 2.14. The van der Waals surface area contributed by atoms with E-state index in [0.717, 1.165) is 44.4 Å². The normalized spacial score (nSPS) is 18.3. The number of aryl methyl sites for hydroxylation is 2. The van der Waals surface area contributed by atoms with E-state index < -0.39 is 5.60 Å². The maximum atomic E-state index is 12.8. The van der Waals surface area contributed by atoms with Crippen LogP contribution in [0.1, 0.15) is 50.4 Å². The Bertz CT molecular complexity index is 873. The van der Waals surface area contributed by atoms with Gasteiger partial charge in [-0.1, -0.05) is 19.8 Å². The Balaban J connectivity index is 1.88. The Hall–Kier alpha value is -2.02. The topological polar surface area (TPSA) is 84.8 Å². The van der Waals surface area contributed by atoms with Gasteiger partial charge in [-0.2, -0.15) is 0 Å². The maximum Gasteiger partial charge on any atom is 0.266 e. The fourth-order valence-electron chi connectivity index (χ4n) is 3.27. The standard InChI is InChI=1S/C16H21N5O2/c1-3-4-5-8-20-13-11(9-12(17-13)16(23)6-7-16)14(22)21-10(2)18-19-15(20)21/h23H,3-9H2,1-2H3. The molecule has 0 bridgehead atoms. The Morgan fingerprint density at radius 3 is 2.74 bits per heavy atom. The molecule has 2 aromatic rings. The van der Waals surface area contributed by atoms with Crippen LogP contribution >= 0.6 is 0 Å². The number of aliphatic hydroxyl groups is 1. The highest BCUT2D eigenvalue weighted by Crippen LogP contribution is 2.41. The first kappa shape index (κ1) is 14.6.